The Morgan fingerprint density at radius 3 is 2.47 bits per heavy atom. The SMILES string of the molecule is COc1ccccc1Cc1cnc([C@H]2CCCN(C(=O)COc3c(OC)cccc3OC)C2)o1. The molecule has 0 aliphatic carbocycles. The van der Waals surface area contributed by atoms with Crippen LogP contribution in [0.3, 0.4) is 0 Å². The zero-order valence-electron chi connectivity index (χ0n) is 19.8. The minimum atomic E-state index is -0.103. The molecule has 1 saturated heterocycles. The van der Waals surface area contributed by atoms with E-state index in [0.29, 0.717) is 42.6 Å². The molecule has 1 atom stereocenters. The molecule has 2 heterocycles. The maximum Gasteiger partial charge on any atom is 0.260 e. The van der Waals surface area contributed by atoms with Gasteiger partial charge < -0.3 is 28.3 Å². The highest BCUT2D eigenvalue weighted by atomic mass is 16.5. The molecule has 4 rings (SSSR count). The van der Waals surface area contributed by atoms with E-state index in [1.165, 1.54) is 0 Å². The Morgan fingerprint density at radius 2 is 1.74 bits per heavy atom. The number of amides is 1. The first-order valence-corrected chi connectivity index (χ1v) is 11.3. The number of carbonyl (C=O) groups excluding carboxylic acids is 1. The van der Waals surface area contributed by atoms with E-state index in [2.05, 4.69) is 4.98 Å². The molecule has 0 N–H and O–H groups in total. The van der Waals surface area contributed by atoms with Crippen LogP contribution in [0.25, 0.3) is 0 Å². The highest BCUT2D eigenvalue weighted by Crippen LogP contribution is 2.37. The maximum atomic E-state index is 12.9. The third-order valence-corrected chi connectivity index (χ3v) is 5.97. The Kier molecular flexibility index (Phi) is 7.57. The average molecular weight is 467 g/mol. The van der Waals surface area contributed by atoms with Crippen molar-refractivity contribution in [2.45, 2.75) is 25.2 Å². The molecular weight excluding hydrogens is 436 g/mol. The Morgan fingerprint density at radius 1 is 1.03 bits per heavy atom. The monoisotopic (exact) mass is 466 g/mol. The molecule has 0 unspecified atom stereocenters. The van der Waals surface area contributed by atoms with Gasteiger partial charge in [0.15, 0.2) is 24.0 Å². The quantitative estimate of drug-likeness (QED) is 0.470. The van der Waals surface area contributed by atoms with Crippen LogP contribution in [-0.4, -0.2) is 56.8 Å². The Labute approximate surface area is 199 Å². The van der Waals surface area contributed by atoms with Crippen molar-refractivity contribution >= 4 is 5.91 Å². The second-order valence-corrected chi connectivity index (χ2v) is 8.11. The van der Waals surface area contributed by atoms with Crippen LogP contribution >= 0.6 is 0 Å². The summed E-state index contributed by atoms with van der Waals surface area (Å²) in [5.41, 5.74) is 1.04. The minimum Gasteiger partial charge on any atom is -0.496 e. The number of nitrogens with zero attached hydrogens (tertiary/aromatic N) is 2. The number of methoxy groups -OCH3 is 3. The van der Waals surface area contributed by atoms with Gasteiger partial charge >= 0.3 is 0 Å². The van der Waals surface area contributed by atoms with Crippen LogP contribution < -0.4 is 18.9 Å². The van der Waals surface area contributed by atoms with Gasteiger partial charge in [-0.05, 0) is 31.0 Å². The van der Waals surface area contributed by atoms with Crippen molar-refractivity contribution in [2.75, 3.05) is 41.0 Å². The average Bonchev–Trinajstić information content (AvgIpc) is 3.36. The van der Waals surface area contributed by atoms with Gasteiger partial charge in [-0.1, -0.05) is 24.3 Å². The molecule has 8 nitrogen and oxygen atoms in total. The fourth-order valence-corrected chi connectivity index (χ4v) is 4.22. The first kappa shape index (κ1) is 23.5. The van der Waals surface area contributed by atoms with Gasteiger partial charge in [0.2, 0.25) is 5.75 Å². The van der Waals surface area contributed by atoms with Crippen LogP contribution in [0, 0.1) is 0 Å². The van der Waals surface area contributed by atoms with Gasteiger partial charge in [0.1, 0.15) is 11.5 Å². The molecule has 1 amide bonds. The standard InChI is InChI=1S/C26H30N2O6/c1-30-21-10-5-4-8-18(21)14-20-15-27-26(34-20)19-9-7-13-28(16-19)24(29)17-33-25-22(31-2)11-6-12-23(25)32-3/h4-6,8,10-12,15,19H,7,9,13-14,16-17H2,1-3H3/t19-/m0/s1. The van der Waals surface area contributed by atoms with E-state index in [-0.39, 0.29) is 18.4 Å². The van der Waals surface area contributed by atoms with Crippen LogP contribution in [0.1, 0.15) is 36.0 Å². The van der Waals surface area contributed by atoms with Gasteiger partial charge in [0.05, 0.1) is 33.4 Å². The molecular formula is C26H30N2O6. The van der Waals surface area contributed by atoms with E-state index < -0.39 is 0 Å². The van der Waals surface area contributed by atoms with Gasteiger partial charge in [-0.15, -0.1) is 0 Å². The smallest absolute Gasteiger partial charge is 0.260 e. The van der Waals surface area contributed by atoms with Crippen LogP contribution in [-0.2, 0) is 11.2 Å². The second-order valence-electron chi connectivity index (χ2n) is 8.11. The number of aromatic nitrogens is 1. The number of carbonyl (C=O) groups is 1. The molecule has 1 fully saturated rings. The number of likely N-dealkylation sites (tertiary alicyclic amines) is 1. The van der Waals surface area contributed by atoms with Crippen molar-refractivity contribution in [2.24, 2.45) is 0 Å². The second kappa shape index (κ2) is 11.0. The summed E-state index contributed by atoms with van der Waals surface area (Å²) in [6.07, 6.45) is 4.15. The molecule has 34 heavy (non-hydrogen) atoms. The fourth-order valence-electron chi connectivity index (χ4n) is 4.22. The molecule has 2 aromatic carbocycles. The van der Waals surface area contributed by atoms with Crippen molar-refractivity contribution in [3.05, 3.63) is 65.9 Å². The number of benzene rings is 2. The van der Waals surface area contributed by atoms with Crippen molar-refractivity contribution < 1.29 is 28.2 Å². The van der Waals surface area contributed by atoms with Gasteiger partial charge in [-0.3, -0.25) is 4.79 Å². The van der Waals surface area contributed by atoms with Crippen LogP contribution in [0.15, 0.2) is 53.1 Å². The lowest BCUT2D eigenvalue weighted by atomic mass is 9.98. The lowest BCUT2D eigenvalue weighted by Crippen LogP contribution is -2.41. The van der Waals surface area contributed by atoms with E-state index in [9.17, 15) is 4.79 Å². The van der Waals surface area contributed by atoms with Gasteiger partial charge in [-0.25, -0.2) is 4.98 Å². The van der Waals surface area contributed by atoms with E-state index in [1.807, 2.05) is 24.3 Å². The number of hydrogen-bond donors (Lipinski definition) is 0. The predicted octanol–water partition coefficient (Wildman–Crippen LogP) is 4.08. The molecule has 180 valence electrons. The summed E-state index contributed by atoms with van der Waals surface area (Å²) in [5.74, 6) is 3.66. The molecule has 0 saturated carbocycles. The topological polar surface area (TPSA) is 83.3 Å². The van der Waals surface area contributed by atoms with Crippen LogP contribution in [0.5, 0.6) is 23.0 Å². The largest absolute Gasteiger partial charge is 0.496 e. The van der Waals surface area contributed by atoms with Crippen LogP contribution in [0.2, 0.25) is 0 Å². The Hall–Kier alpha value is -3.68. The Bertz CT molecular complexity index is 1090. The third kappa shape index (κ3) is 5.27. The number of hydrogen-bond acceptors (Lipinski definition) is 7. The zero-order valence-corrected chi connectivity index (χ0v) is 19.8. The van der Waals surface area contributed by atoms with Crippen LogP contribution in [0.4, 0.5) is 0 Å². The fraction of sp³-hybridized carbons (Fsp3) is 0.385. The predicted molar refractivity (Wildman–Crippen MR) is 126 cm³/mol. The van der Waals surface area contributed by atoms with E-state index >= 15 is 0 Å². The van der Waals surface area contributed by atoms with Gasteiger partial charge in [0.25, 0.3) is 5.91 Å². The van der Waals surface area contributed by atoms with Crippen molar-refractivity contribution in [3.8, 4) is 23.0 Å². The minimum absolute atomic E-state index is 0.0462. The summed E-state index contributed by atoms with van der Waals surface area (Å²) in [5, 5.41) is 0. The summed E-state index contributed by atoms with van der Waals surface area (Å²) in [6.45, 7) is 1.12. The highest BCUT2D eigenvalue weighted by Gasteiger charge is 2.28. The van der Waals surface area contributed by atoms with E-state index in [4.69, 9.17) is 23.4 Å². The number of oxazole rings is 1. The summed E-state index contributed by atoms with van der Waals surface area (Å²) < 4.78 is 28.0. The van der Waals surface area contributed by atoms with Gasteiger partial charge in [0, 0.05) is 25.1 Å². The summed E-state index contributed by atoms with van der Waals surface area (Å²) in [7, 11) is 4.76. The molecule has 0 radical (unpaired) electrons. The number of ether oxygens (including phenoxy) is 4. The first-order chi connectivity index (χ1) is 16.6. The summed E-state index contributed by atoms with van der Waals surface area (Å²) in [4.78, 5) is 19.2. The zero-order chi connectivity index (χ0) is 23.9. The lowest BCUT2D eigenvalue weighted by molar-refractivity contribution is -0.134. The van der Waals surface area contributed by atoms with Crippen molar-refractivity contribution in [1.82, 2.24) is 9.88 Å². The maximum absolute atomic E-state index is 12.9. The third-order valence-electron chi connectivity index (χ3n) is 5.97. The molecule has 0 bridgehead atoms. The van der Waals surface area contributed by atoms with Crippen molar-refractivity contribution in [3.63, 3.8) is 0 Å². The molecule has 0 spiro atoms. The number of rotatable bonds is 9. The normalized spacial score (nSPS) is 15.6. The highest BCUT2D eigenvalue weighted by molar-refractivity contribution is 5.78. The number of piperidine rings is 1. The molecule has 1 aliphatic rings. The lowest BCUT2D eigenvalue weighted by Gasteiger charge is -2.31. The van der Waals surface area contributed by atoms with E-state index in [1.54, 1.807) is 50.6 Å². The molecule has 1 aromatic heterocycles. The van der Waals surface area contributed by atoms with Crippen molar-refractivity contribution in [1.29, 1.82) is 0 Å². The molecule has 8 heteroatoms. The Balaban J connectivity index is 1.38. The summed E-state index contributed by atoms with van der Waals surface area (Å²) >= 11 is 0. The number of para-hydroxylation sites is 2. The summed E-state index contributed by atoms with van der Waals surface area (Å²) in [6, 6.07) is 13.2. The van der Waals surface area contributed by atoms with E-state index in [0.717, 1.165) is 29.9 Å². The van der Waals surface area contributed by atoms with Gasteiger partial charge in [-0.2, -0.15) is 0 Å². The first-order valence-electron chi connectivity index (χ1n) is 11.3. The molecule has 3 aromatic rings. The molecule has 1 aliphatic heterocycles.